The summed E-state index contributed by atoms with van der Waals surface area (Å²) in [6.07, 6.45) is 2.59. The third-order valence-electron chi connectivity index (χ3n) is 4.37. The number of benzene rings is 3. The highest BCUT2D eigenvalue weighted by Gasteiger charge is 2.11. The van der Waals surface area contributed by atoms with Gasteiger partial charge in [-0.2, -0.15) is 0 Å². The van der Waals surface area contributed by atoms with Crippen LogP contribution in [0.4, 0.5) is 5.69 Å². The zero-order valence-corrected chi connectivity index (χ0v) is 14.0. The molecule has 0 saturated carbocycles. The van der Waals surface area contributed by atoms with Crippen LogP contribution in [0.5, 0.6) is 0 Å². The molecule has 0 heterocycles. The molecule has 1 amide bonds. The minimum atomic E-state index is 0.0897. The molecule has 0 fully saturated rings. The van der Waals surface area contributed by atoms with Gasteiger partial charge < -0.3 is 5.32 Å². The number of fused-ring (bicyclic) bond motifs is 1. The average molecular weight is 317 g/mol. The highest BCUT2D eigenvalue weighted by atomic mass is 16.1. The van der Waals surface area contributed by atoms with Crippen LogP contribution in [0, 0.1) is 5.92 Å². The van der Waals surface area contributed by atoms with Crippen LogP contribution in [0.2, 0.25) is 0 Å². The molecule has 0 bridgehead atoms. The lowest BCUT2D eigenvalue weighted by Crippen LogP contribution is -2.15. The van der Waals surface area contributed by atoms with E-state index in [2.05, 4.69) is 48.6 Å². The van der Waals surface area contributed by atoms with Crippen molar-refractivity contribution in [2.45, 2.75) is 26.2 Å². The Morgan fingerprint density at radius 2 is 1.62 bits per heavy atom. The summed E-state index contributed by atoms with van der Waals surface area (Å²) >= 11 is 0. The minimum Gasteiger partial charge on any atom is -0.326 e. The van der Waals surface area contributed by atoms with E-state index in [1.54, 1.807) is 0 Å². The second-order valence-electron chi connectivity index (χ2n) is 6.41. The molecule has 122 valence electrons. The van der Waals surface area contributed by atoms with Crippen molar-refractivity contribution in [3.8, 4) is 0 Å². The van der Waals surface area contributed by atoms with E-state index >= 15 is 0 Å². The molecule has 24 heavy (non-hydrogen) atoms. The molecular formula is C22H23NO. The van der Waals surface area contributed by atoms with Crippen LogP contribution >= 0.6 is 0 Å². The van der Waals surface area contributed by atoms with Crippen molar-refractivity contribution in [3.63, 3.8) is 0 Å². The van der Waals surface area contributed by atoms with Crippen LogP contribution in [0.3, 0.4) is 0 Å². The largest absolute Gasteiger partial charge is 0.326 e. The van der Waals surface area contributed by atoms with Gasteiger partial charge in [0.25, 0.3) is 0 Å². The van der Waals surface area contributed by atoms with Gasteiger partial charge in [0, 0.05) is 17.5 Å². The summed E-state index contributed by atoms with van der Waals surface area (Å²) in [5.74, 6) is 0.451. The third-order valence-corrected chi connectivity index (χ3v) is 4.37. The van der Waals surface area contributed by atoms with Gasteiger partial charge in [-0.3, -0.25) is 4.79 Å². The monoisotopic (exact) mass is 317 g/mol. The second-order valence-corrected chi connectivity index (χ2v) is 6.41. The molecule has 1 atom stereocenters. The van der Waals surface area contributed by atoms with Crippen molar-refractivity contribution in [1.29, 1.82) is 0 Å². The summed E-state index contributed by atoms with van der Waals surface area (Å²) in [7, 11) is 0. The minimum absolute atomic E-state index is 0.0897. The molecule has 2 nitrogen and oxygen atoms in total. The van der Waals surface area contributed by atoms with E-state index in [-0.39, 0.29) is 5.91 Å². The summed E-state index contributed by atoms with van der Waals surface area (Å²) in [6, 6.07) is 24.6. The Balaban J connectivity index is 1.56. The van der Waals surface area contributed by atoms with E-state index in [9.17, 15) is 4.79 Å². The molecule has 1 N–H and O–H groups in total. The Kier molecular flexibility index (Phi) is 5.27. The number of hydrogen-bond acceptors (Lipinski definition) is 1. The predicted octanol–water partition coefficient (Wildman–Crippen LogP) is 5.44. The van der Waals surface area contributed by atoms with Crippen LogP contribution in [0.25, 0.3) is 10.8 Å². The molecule has 2 heteroatoms. The van der Waals surface area contributed by atoms with Crippen molar-refractivity contribution in [1.82, 2.24) is 0 Å². The van der Waals surface area contributed by atoms with Gasteiger partial charge in [0.05, 0.1) is 0 Å². The van der Waals surface area contributed by atoms with E-state index in [0.717, 1.165) is 29.3 Å². The fourth-order valence-corrected chi connectivity index (χ4v) is 3.01. The van der Waals surface area contributed by atoms with Crippen LogP contribution in [0.1, 0.15) is 25.3 Å². The van der Waals surface area contributed by atoms with Crippen LogP contribution < -0.4 is 5.32 Å². The van der Waals surface area contributed by atoms with Crippen LogP contribution in [0.15, 0.2) is 72.8 Å². The summed E-state index contributed by atoms with van der Waals surface area (Å²) in [5, 5.41) is 5.31. The van der Waals surface area contributed by atoms with Gasteiger partial charge in [0.1, 0.15) is 0 Å². The fourth-order valence-electron chi connectivity index (χ4n) is 3.01. The summed E-state index contributed by atoms with van der Waals surface area (Å²) in [5.41, 5.74) is 2.23. The van der Waals surface area contributed by atoms with Crippen molar-refractivity contribution in [2.24, 2.45) is 5.92 Å². The van der Waals surface area contributed by atoms with E-state index in [4.69, 9.17) is 0 Å². The Labute approximate surface area is 143 Å². The molecule has 0 aromatic heterocycles. The summed E-state index contributed by atoms with van der Waals surface area (Å²) < 4.78 is 0. The maximum absolute atomic E-state index is 12.4. The van der Waals surface area contributed by atoms with E-state index in [1.807, 2.05) is 36.4 Å². The zero-order chi connectivity index (χ0) is 16.8. The normalized spacial score (nSPS) is 12.0. The molecule has 0 saturated heterocycles. The first-order chi connectivity index (χ1) is 11.7. The summed E-state index contributed by atoms with van der Waals surface area (Å²) in [4.78, 5) is 12.4. The maximum Gasteiger partial charge on any atom is 0.224 e. The zero-order valence-electron chi connectivity index (χ0n) is 14.0. The molecular weight excluding hydrogens is 294 g/mol. The number of nitrogens with one attached hydrogen (secondary N) is 1. The third kappa shape index (κ3) is 4.23. The Morgan fingerprint density at radius 3 is 2.46 bits per heavy atom. The van der Waals surface area contributed by atoms with Gasteiger partial charge in [-0.15, -0.1) is 0 Å². The van der Waals surface area contributed by atoms with Gasteiger partial charge in [-0.05, 0) is 35.8 Å². The number of aryl methyl sites for hydroxylation is 1. The molecule has 0 radical (unpaired) electrons. The summed E-state index contributed by atoms with van der Waals surface area (Å²) in [6.45, 7) is 2.14. The molecule has 3 aromatic rings. The lowest BCUT2D eigenvalue weighted by atomic mass is 9.98. The second kappa shape index (κ2) is 7.78. The highest BCUT2D eigenvalue weighted by Crippen LogP contribution is 2.23. The van der Waals surface area contributed by atoms with Crippen LogP contribution in [-0.4, -0.2) is 5.91 Å². The Bertz CT molecular complexity index is 805. The predicted molar refractivity (Wildman–Crippen MR) is 101 cm³/mol. The van der Waals surface area contributed by atoms with Crippen molar-refractivity contribution < 1.29 is 4.79 Å². The molecule has 0 spiro atoms. The number of carbonyl (C=O) groups is 1. The van der Waals surface area contributed by atoms with E-state index in [0.29, 0.717) is 12.3 Å². The average Bonchev–Trinajstić information content (AvgIpc) is 2.61. The smallest absolute Gasteiger partial charge is 0.224 e. The van der Waals surface area contributed by atoms with Gasteiger partial charge in [-0.1, -0.05) is 73.7 Å². The lowest BCUT2D eigenvalue weighted by Gasteiger charge is -2.13. The van der Waals surface area contributed by atoms with Crippen molar-refractivity contribution in [2.75, 3.05) is 5.32 Å². The van der Waals surface area contributed by atoms with Gasteiger partial charge in [0.2, 0.25) is 5.91 Å². The van der Waals surface area contributed by atoms with E-state index in [1.165, 1.54) is 5.56 Å². The van der Waals surface area contributed by atoms with Gasteiger partial charge >= 0.3 is 0 Å². The van der Waals surface area contributed by atoms with Crippen molar-refractivity contribution >= 4 is 22.4 Å². The van der Waals surface area contributed by atoms with Gasteiger partial charge in [-0.25, -0.2) is 0 Å². The number of hydrogen-bond donors (Lipinski definition) is 1. The highest BCUT2D eigenvalue weighted by molar-refractivity contribution is 6.02. The lowest BCUT2D eigenvalue weighted by molar-refractivity contribution is -0.117. The quantitative estimate of drug-likeness (QED) is 0.644. The first-order valence-corrected chi connectivity index (χ1v) is 8.54. The molecule has 0 aliphatic rings. The van der Waals surface area contributed by atoms with Gasteiger partial charge in [0.15, 0.2) is 0 Å². The topological polar surface area (TPSA) is 29.1 Å². The number of carbonyl (C=O) groups excluding carboxylic acids is 1. The SMILES string of the molecule is C[C@H](CCc1ccccc1)CC(=O)Nc1cccc2ccccc12. The number of anilines is 1. The number of amides is 1. The molecule has 0 unspecified atom stereocenters. The molecule has 3 aromatic carbocycles. The number of rotatable bonds is 6. The van der Waals surface area contributed by atoms with Crippen LogP contribution in [-0.2, 0) is 11.2 Å². The molecule has 0 aliphatic heterocycles. The van der Waals surface area contributed by atoms with Crippen molar-refractivity contribution in [3.05, 3.63) is 78.4 Å². The molecule has 0 aliphatic carbocycles. The molecule has 3 rings (SSSR count). The first kappa shape index (κ1) is 16.3. The first-order valence-electron chi connectivity index (χ1n) is 8.54. The standard InChI is InChI=1S/C22H23NO/c1-17(14-15-18-8-3-2-4-9-18)16-22(24)23-21-13-7-11-19-10-5-6-12-20(19)21/h2-13,17H,14-16H2,1H3,(H,23,24)/t17-/m1/s1. The van der Waals surface area contributed by atoms with E-state index < -0.39 is 0 Å². The fraction of sp³-hybridized carbons (Fsp3) is 0.227. The Hall–Kier alpha value is -2.61. The Morgan fingerprint density at radius 1 is 0.917 bits per heavy atom. The maximum atomic E-state index is 12.4.